The van der Waals surface area contributed by atoms with Crippen molar-refractivity contribution in [1.82, 2.24) is 4.90 Å². The molecular weight excluding hydrogens is 238 g/mol. The molecule has 0 aromatic heterocycles. The number of rotatable bonds is 4. The average molecular weight is 259 g/mol. The summed E-state index contributed by atoms with van der Waals surface area (Å²) in [6, 6.07) is 0. The highest BCUT2D eigenvalue weighted by atomic mass is 16.6. The van der Waals surface area contributed by atoms with Gasteiger partial charge in [-0.15, -0.1) is 0 Å². The van der Waals surface area contributed by atoms with Crippen molar-refractivity contribution in [2.75, 3.05) is 20.3 Å². The summed E-state index contributed by atoms with van der Waals surface area (Å²) in [6.45, 7) is 6.04. The maximum atomic E-state index is 12.2. The Kier molecular flexibility index (Phi) is 4.95. The summed E-state index contributed by atoms with van der Waals surface area (Å²) in [5.74, 6) is -0.526. The first-order chi connectivity index (χ1) is 8.47. The lowest BCUT2D eigenvalue weighted by molar-refractivity contribution is -0.194. The van der Waals surface area contributed by atoms with Crippen LogP contribution >= 0.6 is 0 Å². The average Bonchev–Trinajstić information content (AvgIpc) is 2.72. The molecule has 6 nitrogen and oxygen atoms in total. The second kappa shape index (κ2) is 6.04. The lowest BCUT2D eigenvalue weighted by atomic mass is 10.1. The van der Waals surface area contributed by atoms with Gasteiger partial charge in [-0.25, -0.2) is 9.59 Å². The van der Waals surface area contributed by atoms with E-state index in [9.17, 15) is 9.59 Å². The molecule has 0 aliphatic carbocycles. The number of esters is 1. The lowest BCUT2D eigenvalue weighted by Gasteiger charge is -2.35. The van der Waals surface area contributed by atoms with E-state index in [4.69, 9.17) is 14.2 Å². The van der Waals surface area contributed by atoms with Crippen LogP contribution in [0.2, 0.25) is 0 Å². The Labute approximate surface area is 107 Å². The van der Waals surface area contributed by atoms with Crippen LogP contribution in [0, 0.1) is 0 Å². The molecule has 1 aliphatic rings. The van der Waals surface area contributed by atoms with Crippen molar-refractivity contribution in [3.63, 3.8) is 0 Å². The van der Waals surface area contributed by atoms with Crippen molar-refractivity contribution in [3.8, 4) is 0 Å². The fourth-order valence-electron chi connectivity index (χ4n) is 2.11. The first-order valence-electron chi connectivity index (χ1n) is 6.18. The molecule has 0 radical (unpaired) electrons. The van der Waals surface area contributed by atoms with Gasteiger partial charge in [0.15, 0.2) is 0 Å². The quantitative estimate of drug-likeness (QED) is 0.716. The largest absolute Gasteiger partial charge is 0.459 e. The number of nitrogens with zero attached hydrogens (tertiary/aromatic N) is 1. The van der Waals surface area contributed by atoms with Crippen molar-refractivity contribution in [2.45, 2.75) is 45.4 Å². The van der Waals surface area contributed by atoms with Crippen LogP contribution in [0.4, 0.5) is 4.79 Å². The molecule has 0 saturated carbocycles. The van der Waals surface area contributed by atoms with Crippen molar-refractivity contribution in [3.05, 3.63) is 0 Å². The highest BCUT2D eigenvalue weighted by Crippen LogP contribution is 2.33. The van der Waals surface area contributed by atoms with Crippen LogP contribution in [0.25, 0.3) is 0 Å². The predicted molar refractivity (Wildman–Crippen MR) is 63.9 cm³/mol. The van der Waals surface area contributed by atoms with E-state index < -0.39 is 17.8 Å². The minimum atomic E-state index is -1.33. The molecule has 0 bridgehead atoms. The zero-order valence-corrected chi connectivity index (χ0v) is 11.4. The molecule has 6 heteroatoms. The third-order valence-corrected chi connectivity index (χ3v) is 2.77. The Bertz CT molecular complexity index is 318. The zero-order chi connectivity index (χ0) is 13.8. The summed E-state index contributed by atoms with van der Waals surface area (Å²) in [4.78, 5) is 25.2. The first-order valence-corrected chi connectivity index (χ1v) is 6.18. The number of ether oxygens (including phenoxy) is 3. The molecule has 1 aliphatic heterocycles. The van der Waals surface area contributed by atoms with Crippen molar-refractivity contribution in [1.29, 1.82) is 0 Å². The first kappa shape index (κ1) is 14.8. The van der Waals surface area contributed by atoms with E-state index in [-0.39, 0.29) is 6.10 Å². The molecule has 0 aromatic carbocycles. The van der Waals surface area contributed by atoms with Gasteiger partial charge in [0.05, 0.1) is 13.2 Å². The highest BCUT2D eigenvalue weighted by Gasteiger charge is 2.53. The van der Waals surface area contributed by atoms with Gasteiger partial charge < -0.3 is 14.2 Å². The number of likely N-dealkylation sites (tertiary alicyclic amines) is 1. The van der Waals surface area contributed by atoms with Crippen LogP contribution in [0.15, 0.2) is 0 Å². The molecule has 0 N–H and O–H groups in total. The third kappa shape index (κ3) is 2.75. The van der Waals surface area contributed by atoms with Gasteiger partial charge in [0.2, 0.25) is 5.72 Å². The van der Waals surface area contributed by atoms with Crippen LogP contribution in [-0.4, -0.2) is 49.1 Å². The van der Waals surface area contributed by atoms with Crippen LogP contribution in [0.5, 0.6) is 0 Å². The minimum absolute atomic E-state index is 0.255. The summed E-state index contributed by atoms with van der Waals surface area (Å²) in [5.41, 5.74) is -1.33. The van der Waals surface area contributed by atoms with Crippen molar-refractivity contribution < 1.29 is 23.8 Å². The van der Waals surface area contributed by atoms with E-state index in [0.717, 1.165) is 0 Å². The Morgan fingerprint density at radius 3 is 2.56 bits per heavy atom. The molecule has 0 unspecified atom stereocenters. The Morgan fingerprint density at radius 2 is 2.06 bits per heavy atom. The molecular formula is C12H21NO5. The summed E-state index contributed by atoms with van der Waals surface area (Å²) >= 11 is 0. The van der Waals surface area contributed by atoms with Gasteiger partial charge >= 0.3 is 12.1 Å². The summed E-state index contributed by atoms with van der Waals surface area (Å²) in [7, 11) is 1.28. The number of amides is 1. The number of hydrogen-bond acceptors (Lipinski definition) is 5. The Hall–Kier alpha value is -1.30. The van der Waals surface area contributed by atoms with Crippen LogP contribution in [-0.2, 0) is 19.0 Å². The number of carbonyl (C=O) groups is 2. The SMILES string of the molecule is CCO[C@@]1(C(=O)OC(C)C)CCCN1C(=O)OC. The molecule has 0 spiro atoms. The van der Waals surface area contributed by atoms with Crippen molar-refractivity contribution in [2.24, 2.45) is 0 Å². The Balaban J connectivity index is 2.97. The molecule has 1 atom stereocenters. The predicted octanol–water partition coefficient (Wildman–Crippen LogP) is 1.53. The monoisotopic (exact) mass is 259 g/mol. The fourth-order valence-corrected chi connectivity index (χ4v) is 2.11. The topological polar surface area (TPSA) is 65.1 Å². The summed E-state index contributed by atoms with van der Waals surface area (Å²) in [6.07, 6.45) is 0.292. The zero-order valence-electron chi connectivity index (χ0n) is 11.4. The minimum Gasteiger partial charge on any atom is -0.459 e. The van der Waals surface area contributed by atoms with Crippen LogP contribution < -0.4 is 0 Å². The smallest absolute Gasteiger partial charge is 0.412 e. The molecule has 1 heterocycles. The van der Waals surface area contributed by atoms with E-state index in [1.165, 1.54) is 12.0 Å². The summed E-state index contributed by atoms with van der Waals surface area (Å²) < 4.78 is 15.4. The van der Waals surface area contributed by atoms with Gasteiger partial charge in [-0.1, -0.05) is 0 Å². The second-order valence-corrected chi connectivity index (χ2v) is 4.40. The molecule has 1 amide bonds. The standard InChI is InChI=1S/C12H21NO5/c1-5-17-12(10(14)18-9(2)3)7-6-8-13(12)11(15)16-4/h9H,5-8H2,1-4H3/t12-/m1/s1. The van der Waals surface area contributed by atoms with Gasteiger partial charge in [-0.2, -0.15) is 0 Å². The highest BCUT2D eigenvalue weighted by molar-refractivity contribution is 5.85. The second-order valence-electron chi connectivity index (χ2n) is 4.40. The van der Waals surface area contributed by atoms with Gasteiger partial charge in [0.1, 0.15) is 0 Å². The van der Waals surface area contributed by atoms with Gasteiger partial charge in [-0.3, -0.25) is 4.90 Å². The van der Waals surface area contributed by atoms with Crippen LogP contribution in [0.3, 0.4) is 0 Å². The van der Waals surface area contributed by atoms with E-state index in [2.05, 4.69) is 0 Å². The van der Waals surface area contributed by atoms with E-state index in [0.29, 0.717) is 26.0 Å². The normalized spacial score (nSPS) is 23.3. The molecule has 1 saturated heterocycles. The van der Waals surface area contributed by atoms with E-state index >= 15 is 0 Å². The number of carbonyl (C=O) groups excluding carboxylic acids is 2. The van der Waals surface area contributed by atoms with Crippen LogP contribution in [0.1, 0.15) is 33.6 Å². The lowest BCUT2D eigenvalue weighted by Crippen LogP contribution is -2.56. The van der Waals surface area contributed by atoms with Gasteiger partial charge in [-0.05, 0) is 27.2 Å². The Morgan fingerprint density at radius 1 is 1.39 bits per heavy atom. The van der Waals surface area contributed by atoms with E-state index in [1.807, 2.05) is 0 Å². The molecule has 18 heavy (non-hydrogen) atoms. The summed E-state index contributed by atoms with van der Waals surface area (Å²) in [5, 5.41) is 0. The number of methoxy groups -OCH3 is 1. The van der Waals surface area contributed by atoms with Gasteiger partial charge in [0.25, 0.3) is 0 Å². The maximum absolute atomic E-state index is 12.2. The third-order valence-electron chi connectivity index (χ3n) is 2.77. The molecule has 0 aromatic rings. The molecule has 104 valence electrons. The fraction of sp³-hybridized carbons (Fsp3) is 0.833. The van der Waals surface area contributed by atoms with E-state index in [1.54, 1.807) is 20.8 Å². The molecule has 1 fully saturated rings. The van der Waals surface area contributed by atoms with Gasteiger partial charge in [0, 0.05) is 19.6 Å². The maximum Gasteiger partial charge on any atom is 0.412 e. The number of hydrogen-bond donors (Lipinski definition) is 0. The molecule has 1 rings (SSSR count). The van der Waals surface area contributed by atoms with Crippen molar-refractivity contribution >= 4 is 12.1 Å².